The van der Waals surface area contributed by atoms with Crippen molar-refractivity contribution in [2.24, 2.45) is 5.92 Å². The Morgan fingerprint density at radius 1 is 1.61 bits per heavy atom. The lowest BCUT2D eigenvalue weighted by Gasteiger charge is -2.07. The van der Waals surface area contributed by atoms with Gasteiger partial charge in [0.05, 0.1) is 22.6 Å². The van der Waals surface area contributed by atoms with E-state index < -0.39 is 28.1 Å². The summed E-state index contributed by atoms with van der Waals surface area (Å²) in [5.74, 6) is -2.51. The number of halogens is 1. The standard InChI is InChI=1S/C12H11FN2O3/c1-2-3-8(7-14)12(16)10-5-4-9(15(17)18)6-11(10)13/h4-6,8H,2-3H2,1H3. The van der Waals surface area contributed by atoms with Crippen LogP contribution in [0.15, 0.2) is 18.2 Å². The molecule has 1 aromatic carbocycles. The minimum atomic E-state index is -0.967. The lowest BCUT2D eigenvalue weighted by atomic mass is 9.94. The van der Waals surface area contributed by atoms with E-state index in [1.165, 1.54) is 0 Å². The third kappa shape index (κ3) is 2.88. The molecule has 0 aliphatic heterocycles. The molecule has 94 valence electrons. The van der Waals surface area contributed by atoms with Crippen LogP contribution in [0.1, 0.15) is 30.1 Å². The third-order valence-corrected chi connectivity index (χ3v) is 2.48. The molecule has 1 rings (SSSR count). The fraction of sp³-hybridized carbons (Fsp3) is 0.333. The van der Waals surface area contributed by atoms with E-state index in [0.29, 0.717) is 18.9 Å². The fourth-order valence-corrected chi connectivity index (χ4v) is 1.55. The van der Waals surface area contributed by atoms with Gasteiger partial charge in [0.15, 0.2) is 5.78 Å². The van der Waals surface area contributed by atoms with E-state index in [1.54, 1.807) is 0 Å². The molecule has 0 N–H and O–H groups in total. The summed E-state index contributed by atoms with van der Waals surface area (Å²) in [5, 5.41) is 19.2. The van der Waals surface area contributed by atoms with Gasteiger partial charge < -0.3 is 0 Å². The SMILES string of the molecule is CCCC(C#N)C(=O)c1ccc([N+](=O)[O-])cc1F. The summed E-state index contributed by atoms with van der Waals surface area (Å²) in [4.78, 5) is 21.5. The molecule has 0 heterocycles. The van der Waals surface area contributed by atoms with Crippen molar-refractivity contribution in [3.63, 3.8) is 0 Å². The number of nitro benzene ring substituents is 1. The Bertz CT molecular complexity index is 523. The number of non-ortho nitro benzene ring substituents is 1. The van der Waals surface area contributed by atoms with Crippen molar-refractivity contribution in [3.05, 3.63) is 39.7 Å². The van der Waals surface area contributed by atoms with Crippen molar-refractivity contribution in [2.75, 3.05) is 0 Å². The highest BCUT2D eigenvalue weighted by molar-refractivity contribution is 5.99. The number of nitriles is 1. The van der Waals surface area contributed by atoms with Crippen LogP contribution in [0.2, 0.25) is 0 Å². The van der Waals surface area contributed by atoms with Gasteiger partial charge >= 0.3 is 0 Å². The number of benzene rings is 1. The highest BCUT2D eigenvalue weighted by Gasteiger charge is 2.23. The van der Waals surface area contributed by atoms with Gasteiger partial charge in [-0.25, -0.2) is 4.39 Å². The zero-order valence-electron chi connectivity index (χ0n) is 9.72. The molecule has 0 saturated carbocycles. The van der Waals surface area contributed by atoms with E-state index in [9.17, 15) is 19.3 Å². The number of Topliss-reactive ketones (excluding diaryl/α,β-unsaturated/α-hetero) is 1. The smallest absolute Gasteiger partial charge is 0.272 e. The van der Waals surface area contributed by atoms with Crippen LogP contribution in [0.4, 0.5) is 10.1 Å². The van der Waals surface area contributed by atoms with Crippen molar-refractivity contribution in [3.8, 4) is 6.07 Å². The van der Waals surface area contributed by atoms with Crippen molar-refractivity contribution >= 4 is 11.5 Å². The second-order valence-electron chi connectivity index (χ2n) is 3.76. The summed E-state index contributed by atoms with van der Waals surface area (Å²) < 4.78 is 13.6. The summed E-state index contributed by atoms with van der Waals surface area (Å²) in [6.45, 7) is 1.81. The quantitative estimate of drug-likeness (QED) is 0.457. The summed E-state index contributed by atoms with van der Waals surface area (Å²) in [6.07, 6.45) is 0.963. The molecule has 0 radical (unpaired) electrons. The molecule has 5 nitrogen and oxygen atoms in total. The first-order valence-corrected chi connectivity index (χ1v) is 5.39. The van der Waals surface area contributed by atoms with Gasteiger partial charge in [-0.3, -0.25) is 14.9 Å². The van der Waals surface area contributed by atoms with Crippen LogP contribution in [0.3, 0.4) is 0 Å². The average Bonchev–Trinajstić information content (AvgIpc) is 2.34. The Morgan fingerprint density at radius 2 is 2.28 bits per heavy atom. The van der Waals surface area contributed by atoms with E-state index in [0.717, 1.165) is 12.1 Å². The Morgan fingerprint density at radius 3 is 2.72 bits per heavy atom. The average molecular weight is 250 g/mol. The van der Waals surface area contributed by atoms with E-state index in [1.807, 2.05) is 13.0 Å². The lowest BCUT2D eigenvalue weighted by Crippen LogP contribution is -2.14. The lowest BCUT2D eigenvalue weighted by molar-refractivity contribution is -0.385. The van der Waals surface area contributed by atoms with Crippen LogP contribution in [-0.4, -0.2) is 10.7 Å². The van der Waals surface area contributed by atoms with Gasteiger partial charge in [-0.05, 0) is 12.5 Å². The Kier molecular flexibility index (Phi) is 4.49. The molecule has 0 bridgehead atoms. The first kappa shape index (κ1) is 13.8. The minimum absolute atomic E-state index is 0.277. The fourth-order valence-electron chi connectivity index (χ4n) is 1.55. The molecule has 18 heavy (non-hydrogen) atoms. The minimum Gasteiger partial charge on any atom is -0.293 e. The number of carbonyl (C=O) groups excluding carboxylic acids is 1. The molecule has 0 amide bonds. The molecule has 0 spiro atoms. The van der Waals surface area contributed by atoms with E-state index in [2.05, 4.69) is 0 Å². The van der Waals surface area contributed by atoms with Gasteiger partial charge in [0.2, 0.25) is 0 Å². The largest absolute Gasteiger partial charge is 0.293 e. The second kappa shape index (κ2) is 5.87. The number of rotatable bonds is 5. The van der Waals surface area contributed by atoms with E-state index >= 15 is 0 Å². The number of hydrogen-bond acceptors (Lipinski definition) is 4. The third-order valence-electron chi connectivity index (χ3n) is 2.48. The van der Waals surface area contributed by atoms with Gasteiger partial charge in [0.25, 0.3) is 5.69 Å². The molecule has 1 aromatic rings. The molecule has 0 aliphatic carbocycles. The zero-order chi connectivity index (χ0) is 13.7. The van der Waals surface area contributed by atoms with Crippen LogP contribution in [0, 0.1) is 33.2 Å². The summed E-state index contributed by atoms with van der Waals surface area (Å²) in [7, 11) is 0. The molecule has 0 saturated heterocycles. The Balaban J connectivity index is 3.07. The molecule has 0 fully saturated rings. The highest BCUT2D eigenvalue weighted by atomic mass is 19.1. The second-order valence-corrected chi connectivity index (χ2v) is 3.76. The van der Waals surface area contributed by atoms with Crippen molar-refractivity contribution in [1.29, 1.82) is 5.26 Å². The topological polar surface area (TPSA) is 84.0 Å². The molecular weight excluding hydrogens is 239 g/mol. The number of nitro groups is 1. The predicted molar refractivity (Wildman–Crippen MR) is 61.4 cm³/mol. The van der Waals surface area contributed by atoms with Gasteiger partial charge in [-0.1, -0.05) is 13.3 Å². The maximum Gasteiger partial charge on any atom is 0.272 e. The molecule has 6 heteroatoms. The number of ketones is 1. The summed E-state index contributed by atoms with van der Waals surface area (Å²) in [6, 6.07) is 4.61. The molecule has 1 unspecified atom stereocenters. The van der Waals surface area contributed by atoms with Crippen LogP contribution in [0.5, 0.6) is 0 Å². The van der Waals surface area contributed by atoms with Crippen LogP contribution < -0.4 is 0 Å². The Hall–Kier alpha value is -2.29. The van der Waals surface area contributed by atoms with Crippen LogP contribution in [0.25, 0.3) is 0 Å². The van der Waals surface area contributed by atoms with Crippen molar-refractivity contribution in [1.82, 2.24) is 0 Å². The summed E-state index contributed by atoms with van der Waals surface area (Å²) in [5.41, 5.74) is -0.700. The number of carbonyl (C=O) groups is 1. The number of nitrogens with zero attached hydrogens (tertiary/aromatic N) is 2. The van der Waals surface area contributed by atoms with Gasteiger partial charge in [-0.2, -0.15) is 5.26 Å². The molecular formula is C12H11FN2O3. The van der Waals surface area contributed by atoms with E-state index in [-0.39, 0.29) is 5.56 Å². The highest BCUT2D eigenvalue weighted by Crippen LogP contribution is 2.20. The van der Waals surface area contributed by atoms with E-state index in [4.69, 9.17) is 5.26 Å². The maximum atomic E-state index is 13.6. The van der Waals surface area contributed by atoms with Gasteiger partial charge in [-0.15, -0.1) is 0 Å². The predicted octanol–water partition coefficient (Wildman–Crippen LogP) is 2.86. The zero-order valence-corrected chi connectivity index (χ0v) is 9.72. The van der Waals surface area contributed by atoms with Crippen molar-refractivity contribution in [2.45, 2.75) is 19.8 Å². The summed E-state index contributed by atoms with van der Waals surface area (Å²) >= 11 is 0. The maximum absolute atomic E-state index is 13.6. The first-order chi connectivity index (χ1) is 8.51. The normalized spacial score (nSPS) is 11.6. The van der Waals surface area contributed by atoms with Crippen LogP contribution in [-0.2, 0) is 0 Å². The Labute approximate surface area is 103 Å². The van der Waals surface area contributed by atoms with Gasteiger partial charge in [0, 0.05) is 6.07 Å². The van der Waals surface area contributed by atoms with Crippen molar-refractivity contribution < 1.29 is 14.1 Å². The molecule has 0 aromatic heterocycles. The number of hydrogen-bond donors (Lipinski definition) is 0. The molecule has 1 atom stereocenters. The van der Waals surface area contributed by atoms with Crippen LogP contribution >= 0.6 is 0 Å². The van der Waals surface area contributed by atoms with Gasteiger partial charge in [0.1, 0.15) is 11.7 Å². The molecule has 0 aliphatic rings. The first-order valence-electron chi connectivity index (χ1n) is 5.39. The monoisotopic (exact) mass is 250 g/mol.